The van der Waals surface area contributed by atoms with Gasteiger partial charge in [-0.2, -0.15) is 0 Å². The largest absolute Gasteiger partial charge is 0.382 e. The molecule has 3 nitrogen and oxygen atoms in total. The first-order valence-electron chi connectivity index (χ1n) is 6.05. The van der Waals surface area contributed by atoms with Crippen molar-refractivity contribution < 1.29 is 4.79 Å². The maximum Gasteiger partial charge on any atom is 0.251 e. The van der Waals surface area contributed by atoms with Crippen LogP contribution in [-0.2, 0) is 0 Å². The number of aryl methyl sites for hydroxylation is 1. The summed E-state index contributed by atoms with van der Waals surface area (Å²) >= 11 is 0. The van der Waals surface area contributed by atoms with Gasteiger partial charge in [0.2, 0.25) is 0 Å². The molecule has 0 saturated carbocycles. The van der Waals surface area contributed by atoms with Crippen LogP contribution in [-0.4, -0.2) is 19.0 Å². The molecule has 3 heteroatoms. The first-order chi connectivity index (χ1) is 7.95. The predicted octanol–water partition coefficient (Wildman–Crippen LogP) is 2.81. The van der Waals surface area contributed by atoms with Gasteiger partial charge in [-0.05, 0) is 43.5 Å². The Kier molecular flexibility index (Phi) is 4.55. The molecule has 94 valence electrons. The van der Waals surface area contributed by atoms with Gasteiger partial charge < -0.3 is 10.6 Å². The number of carbonyl (C=O) groups excluding carboxylic acids is 1. The summed E-state index contributed by atoms with van der Waals surface area (Å²) in [4.78, 5) is 11.5. The molecule has 0 bridgehead atoms. The Morgan fingerprint density at radius 3 is 2.35 bits per heavy atom. The van der Waals surface area contributed by atoms with Crippen molar-refractivity contribution in [1.29, 1.82) is 0 Å². The van der Waals surface area contributed by atoms with Gasteiger partial charge in [0.05, 0.1) is 0 Å². The zero-order chi connectivity index (χ0) is 13.0. The Labute approximate surface area is 104 Å². The van der Waals surface area contributed by atoms with Crippen molar-refractivity contribution in [2.45, 2.75) is 33.7 Å². The highest BCUT2D eigenvalue weighted by molar-refractivity contribution is 5.94. The topological polar surface area (TPSA) is 41.1 Å². The fourth-order valence-corrected chi connectivity index (χ4v) is 1.52. The lowest BCUT2D eigenvalue weighted by molar-refractivity contribution is 0.0963. The third-order valence-electron chi connectivity index (χ3n) is 3.10. The van der Waals surface area contributed by atoms with E-state index >= 15 is 0 Å². The second-order valence-electron chi connectivity index (χ2n) is 4.79. The van der Waals surface area contributed by atoms with Gasteiger partial charge in [-0.15, -0.1) is 0 Å². The fourth-order valence-electron chi connectivity index (χ4n) is 1.52. The molecule has 0 aromatic heterocycles. The maximum atomic E-state index is 11.5. The van der Waals surface area contributed by atoms with Crippen molar-refractivity contribution in [3.05, 3.63) is 29.3 Å². The highest BCUT2D eigenvalue weighted by Gasteiger charge is 2.10. The molecule has 0 saturated heterocycles. The molecular formula is C14H22N2O. The molecule has 1 aromatic carbocycles. The van der Waals surface area contributed by atoms with E-state index in [4.69, 9.17) is 0 Å². The normalized spacial score (nSPS) is 12.4. The molecule has 1 atom stereocenters. The lowest BCUT2D eigenvalue weighted by Gasteiger charge is -2.20. The van der Waals surface area contributed by atoms with Crippen LogP contribution in [0.3, 0.4) is 0 Å². The van der Waals surface area contributed by atoms with E-state index in [1.807, 2.05) is 25.1 Å². The van der Waals surface area contributed by atoms with E-state index in [9.17, 15) is 4.79 Å². The molecule has 0 spiro atoms. The standard InChI is InChI=1S/C14H22N2O/c1-9(2)11(4)16-13-7-6-12(8-10(13)3)14(17)15-5/h6-9,11,16H,1-5H3,(H,15,17). The monoisotopic (exact) mass is 234 g/mol. The quantitative estimate of drug-likeness (QED) is 0.841. The van der Waals surface area contributed by atoms with E-state index in [0.717, 1.165) is 11.3 Å². The van der Waals surface area contributed by atoms with Crippen LogP contribution in [0.5, 0.6) is 0 Å². The van der Waals surface area contributed by atoms with Gasteiger partial charge in [0.25, 0.3) is 5.91 Å². The maximum absolute atomic E-state index is 11.5. The van der Waals surface area contributed by atoms with Crippen LogP contribution in [0.25, 0.3) is 0 Å². The molecule has 1 amide bonds. The van der Waals surface area contributed by atoms with Crippen LogP contribution in [0.4, 0.5) is 5.69 Å². The number of benzene rings is 1. The summed E-state index contributed by atoms with van der Waals surface area (Å²) in [5.41, 5.74) is 2.89. The van der Waals surface area contributed by atoms with Gasteiger partial charge in [-0.1, -0.05) is 13.8 Å². The summed E-state index contributed by atoms with van der Waals surface area (Å²) in [5.74, 6) is 0.532. The summed E-state index contributed by atoms with van der Waals surface area (Å²) in [6.45, 7) is 8.55. The van der Waals surface area contributed by atoms with E-state index in [1.54, 1.807) is 7.05 Å². The first kappa shape index (κ1) is 13.6. The van der Waals surface area contributed by atoms with E-state index in [0.29, 0.717) is 17.5 Å². The second-order valence-corrected chi connectivity index (χ2v) is 4.79. The van der Waals surface area contributed by atoms with E-state index < -0.39 is 0 Å². The van der Waals surface area contributed by atoms with E-state index in [-0.39, 0.29) is 5.91 Å². The molecule has 0 heterocycles. The molecule has 0 aliphatic carbocycles. The molecular weight excluding hydrogens is 212 g/mol. The average Bonchev–Trinajstić information content (AvgIpc) is 2.30. The summed E-state index contributed by atoms with van der Waals surface area (Å²) in [5, 5.41) is 6.09. The summed E-state index contributed by atoms with van der Waals surface area (Å²) in [7, 11) is 1.64. The number of carbonyl (C=O) groups is 1. The van der Waals surface area contributed by atoms with Gasteiger partial charge in [0.15, 0.2) is 0 Å². The summed E-state index contributed by atoms with van der Waals surface area (Å²) in [6, 6.07) is 6.15. The Bertz CT molecular complexity index is 399. The molecule has 1 unspecified atom stereocenters. The van der Waals surface area contributed by atoms with Gasteiger partial charge >= 0.3 is 0 Å². The SMILES string of the molecule is CNC(=O)c1ccc(NC(C)C(C)C)c(C)c1. The Balaban J connectivity index is 2.87. The van der Waals surface area contributed by atoms with Gasteiger partial charge in [0.1, 0.15) is 0 Å². The van der Waals surface area contributed by atoms with E-state index in [2.05, 4.69) is 31.4 Å². The number of amides is 1. The van der Waals surface area contributed by atoms with Crippen LogP contribution < -0.4 is 10.6 Å². The Morgan fingerprint density at radius 1 is 1.24 bits per heavy atom. The van der Waals surface area contributed by atoms with Gasteiger partial charge in [-0.3, -0.25) is 4.79 Å². The molecule has 0 fully saturated rings. The molecule has 2 N–H and O–H groups in total. The van der Waals surface area contributed by atoms with Crippen molar-refractivity contribution in [3.8, 4) is 0 Å². The molecule has 1 aromatic rings. The lowest BCUT2D eigenvalue weighted by Crippen LogP contribution is -2.22. The van der Waals surface area contributed by atoms with Crippen LogP contribution in [0.15, 0.2) is 18.2 Å². The molecule has 1 rings (SSSR count). The van der Waals surface area contributed by atoms with Crippen molar-refractivity contribution in [3.63, 3.8) is 0 Å². The number of anilines is 1. The molecule has 17 heavy (non-hydrogen) atoms. The molecule has 0 radical (unpaired) electrons. The minimum Gasteiger partial charge on any atom is -0.382 e. The number of hydrogen-bond acceptors (Lipinski definition) is 2. The minimum atomic E-state index is -0.0449. The summed E-state index contributed by atoms with van der Waals surface area (Å²) < 4.78 is 0. The van der Waals surface area contributed by atoms with Crippen LogP contribution >= 0.6 is 0 Å². The number of rotatable bonds is 4. The highest BCUT2D eigenvalue weighted by atomic mass is 16.1. The fraction of sp³-hybridized carbons (Fsp3) is 0.500. The third-order valence-corrected chi connectivity index (χ3v) is 3.10. The van der Waals surface area contributed by atoms with Crippen molar-refractivity contribution in [2.24, 2.45) is 5.92 Å². The van der Waals surface area contributed by atoms with Gasteiger partial charge in [-0.25, -0.2) is 0 Å². The first-order valence-corrected chi connectivity index (χ1v) is 6.05. The summed E-state index contributed by atoms with van der Waals surface area (Å²) in [6.07, 6.45) is 0. The minimum absolute atomic E-state index is 0.0449. The second kappa shape index (κ2) is 5.71. The highest BCUT2D eigenvalue weighted by Crippen LogP contribution is 2.19. The number of nitrogens with one attached hydrogen (secondary N) is 2. The van der Waals surface area contributed by atoms with Crippen LogP contribution in [0.1, 0.15) is 36.7 Å². The molecule has 0 aliphatic rings. The van der Waals surface area contributed by atoms with Crippen LogP contribution in [0, 0.1) is 12.8 Å². The Morgan fingerprint density at radius 2 is 1.88 bits per heavy atom. The van der Waals surface area contributed by atoms with Crippen molar-refractivity contribution in [1.82, 2.24) is 5.32 Å². The third kappa shape index (κ3) is 3.48. The average molecular weight is 234 g/mol. The zero-order valence-corrected chi connectivity index (χ0v) is 11.3. The molecule has 0 aliphatic heterocycles. The van der Waals surface area contributed by atoms with Crippen molar-refractivity contribution in [2.75, 3.05) is 12.4 Å². The lowest BCUT2D eigenvalue weighted by atomic mass is 10.0. The van der Waals surface area contributed by atoms with E-state index in [1.165, 1.54) is 0 Å². The zero-order valence-electron chi connectivity index (χ0n) is 11.3. The number of hydrogen-bond donors (Lipinski definition) is 2. The Hall–Kier alpha value is -1.51. The van der Waals surface area contributed by atoms with Crippen molar-refractivity contribution >= 4 is 11.6 Å². The predicted molar refractivity (Wildman–Crippen MR) is 72.5 cm³/mol. The van der Waals surface area contributed by atoms with Gasteiger partial charge in [0, 0.05) is 24.3 Å². The smallest absolute Gasteiger partial charge is 0.251 e. The van der Waals surface area contributed by atoms with Crippen LogP contribution in [0.2, 0.25) is 0 Å².